The van der Waals surface area contributed by atoms with Crippen LogP contribution < -0.4 is 20.9 Å². The number of thiophene rings is 1. The van der Waals surface area contributed by atoms with Crippen molar-refractivity contribution in [3.63, 3.8) is 0 Å². The SMILES string of the molecule is COc1ccc2c(Cl)c(C(=O)NNC(=O)Nc3ccccc3)sc2c1. The average Bonchev–Trinajstić information content (AvgIpc) is 2.96. The molecule has 0 radical (unpaired) electrons. The second-order valence-electron chi connectivity index (χ2n) is 5.01. The Morgan fingerprint density at radius 2 is 1.84 bits per heavy atom. The van der Waals surface area contributed by atoms with E-state index in [-0.39, 0.29) is 0 Å². The monoisotopic (exact) mass is 375 g/mol. The van der Waals surface area contributed by atoms with Gasteiger partial charge in [-0.3, -0.25) is 10.2 Å². The van der Waals surface area contributed by atoms with E-state index in [4.69, 9.17) is 16.3 Å². The van der Waals surface area contributed by atoms with E-state index in [0.717, 1.165) is 10.1 Å². The zero-order valence-corrected chi connectivity index (χ0v) is 14.7. The second kappa shape index (κ2) is 7.42. The highest BCUT2D eigenvalue weighted by Gasteiger charge is 2.18. The highest BCUT2D eigenvalue weighted by atomic mass is 35.5. The van der Waals surface area contributed by atoms with Crippen molar-refractivity contribution in [2.75, 3.05) is 12.4 Å². The third kappa shape index (κ3) is 3.84. The van der Waals surface area contributed by atoms with Gasteiger partial charge in [0.05, 0.1) is 12.1 Å². The van der Waals surface area contributed by atoms with Crippen molar-refractivity contribution in [3.05, 3.63) is 58.4 Å². The number of methoxy groups -OCH3 is 1. The van der Waals surface area contributed by atoms with Gasteiger partial charge in [-0.25, -0.2) is 10.2 Å². The number of para-hydroxylation sites is 1. The zero-order chi connectivity index (χ0) is 17.8. The molecule has 0 fully saturated rings. The predicted molar refractivity (Wildman–Crippen MR) is 99.4 cm³/mol. The molecule has 3 amide bonds. The number of benzene rings is 2. The number of carbonyl (C=O) groups excluding carboxylic acids is 2. The van der Waals surface area contributed by atoms with Crippen LogP contribution in [0.3, 0.4) is 0 Å². The van der Waals surface area contributed by atoms with Crippen LogP contribution in [0.5, 0.6) is 5.75 Å². The van der Waals surface area contributed by atoms with Gasteiger partial charge in [-0.05, 0) is 30.3 Å². The van der Waals surface area contributed by atoms with Gasteiger partial charge in [0, 0.05) is 15.8 Å². The Hall–Kier alpha value is -2.77. The van der Waals surface area contributed by atoms with Gasteiger partial charge < -0.3 is 10.1 Å². The fraction of sp³-hybridized carbons (Fsp3) is 0.0588. The number of nitrogens with one attached hydrogen (secondary N) is 3. The number of hydrogen-bond acceptors (Lipinski definition) is 4. The van der Waals surface area contributed by atoms with E-state index in [1.807, 2.05) is 6.07 Å². The summed E-state index contributed by atoms with van der Waals surface area (Å²) in [6, 6.07) is 13.7. The molecule has 0 aliphatic carbocycles. The lowest BCUT2D eigenvalue weighted by atomic mass is 10.2. The van der Waals surface area contributed by atoms with Gasteiger partial charge in [-0.15, -0.1) is 11.3 Å². The number of urea groups is 1. The fourth-order valence-electron chi connectivity index (χ4n) is 2.17. The van der Waals surface area contributed by atoms with Crippen molar-refractivity contribution >= 4 is 50.6 Å². The molecule has 0 saturated heterocycles. The Morgan fingerprint density at radius 1 is 1.08 bits per heavy atom. The normalized spacial score (nSPS) is 10.3. The van der Waals surface area contributed by atoms with Gasteiger partial charge in [-0.2, -0.15) is 0 Å². The van der Waals surface area contributed by atoms with Crippen LogP contribution in [0.4, 0.5) is 10.5 Å². The number of ether oxygens (including phenoxy) is 1. The quantitative estimate of drug-likeness (QED) is 0.605. The maximum absolute atomic E-state index is 12.3. The van der Waals surface area contributed by atoms with E-state index >= 15 is 0 Å². The van der Waals surface area contributed by atoms with E-state index in [1.165, 1.54) is 11.3 Å². The summed E-state index contributed by atoms with van der Waals surface area (Å²) < 4.78 is 5.99. The molecule has 0 saturated carbocycles. The molecule has 3 rings (SSSR count). The first-order valence-corrected chi connectivity index (χ1v) is 8.46. The summed E-state index contributed by atoms with van der Waals surface area (Å²) in [5.74, 6) is 0.186. The third-order valence-corrected chi connectivity index (χ3v) is 5.02. The first-order chi connectivity index (χ1) is 12.1. The van der Waals surface area contributed by atoms with Gasteiger partial charge in [-0.1, -0.05) is 29.8 Å². The summed E-state index contributed by atoms with van der Waals surface area (Å²) in [6.45, 7) is 0. The largest absolute Gasteiger partial charge is 0.497 e. The van der Waals surface area contributed by atoms with E-state index < -0.39 is 11.9 Å². The topological polar surface area (TPSA) is 79.5 Å². The number of amides is 3. The lowest BCUT2D eigenvalue weighted by molar-refractivity contribution is 0.0942. The number of anilines is 1. The molecular weight excluding hydrogens is 362 g/mol. The van der Waals surface area contributed by atoms with Crippen LogP contribution in [0.2, 0.25) is 5.02 Å². The van der Waals surface area contributed by atoms with Crippen LogP contribution in [0.15, 0.2) is 48.5 Å². The first kappa shape index (κ1) is 17.1. The molecule has 1 heterocycles. The van der Waals surface area contributed by atoms with Crippen molar-refractivity contribution < 1.29 is 14.3 Å². The fourth-order valence-corrected chi connectivity index (χ4v) is 3.61. The predicted octanol–water partition coefficient (Wildman–Crippen LogP) is 4.03. The Labute approximate surface area is 152 Å². The van der Waals surface area contributed by atoms with Gasteiger partial charge in [0.15, 0.2) is 0 Å². The van der Waals surface area contributed by atoms with Crippen molar-refractivity contribution in [2.45, 2.75) is 0 Å². The van der Waals surface area contributed by atoms with Crippen LogP contribution in [0, 0.1) is 0 Å². The lowest BCUT2D eigenvalue weighted by Gasteiger charge is -2.08. The zero-order valence-electron chi connectivity index (χ0n) is 13.1. The Kier molecular flexibility index (Phi) is 5.06. The third-order valence-electron chi connectivity index (χ3n) is 3.36. The standard InChI is InChI=1S/C17H14ClN3O3S/c1-24-11-7-8-12-13(9-11)25-15(14(12)18)16(22)20-21-17(23)19-10-5-3-2-4-6-10/h2-9H,1H3,(H,20,22)(H2,19,21,23). The van der Waals surface area contributed by atoms with Crippen LogP contribution in [0.25, 0.3) is 10.1 Å². The molecule has 0 atom stereocenters. The van der Waals surface area contributed by atoms with E-state index in [0.29, 0.717) is 21.3 Å². The Morgan fingerprint density at radius 3 is 2.56 bits per heavy atom. The van der Waals surface area contributed by atoms with Gasteiger partial charge in [0.25, 0.3) is 5.91 Å². The van der Waals surface area contributed by atoms with E-state index in [1.54, 1.807) is 49.6 Å². The molecule has 2 aromatic carbocycles. The second-order valence-corrected chi connectivity index (χ2v) is 6.44. The summed E-state index contributed by atoms with van der Waals surface area (Å²) in [5, 5.41) is 3.69. The minimum Gasteiger partial charge on any atom is -0.497 e. The molecule has 8 heteroatoms. The first-order valence-electron chi connectivity index (χ1n) is 7.27. The summed E-state index contributed by atoms with van der Waals surface area (Å²) in [6.07, 6.45) is 0. The van der Waals surface area contributed by atoms with Gasteiger partial charge >= 0.3 is 6.03 Å². The molecule has 0 spiro atoms. The number of carbonyl (C=O) groups is 2. The molecule has 3 aromatic rings. The van der Waals surface area contributed by atoms with Gasteiger partial charge in [0.1, 0.15) is 10.6 Å². The maximum Gasteiger partial charge on any atom is 0.337 e. The molecule has 3 N–H and O–H groups in total. The van der Waals surface area contributed by atoms with E-state index in [9.17, 15) is 9.59 Å². The van der Waals surface area contributed by atoms with Crippen LogP contribution in [-0.2, 0) is 0 Å². The Bertz CT molecular complexity index is 928. The van der Waals surface area contributed by atoms with Crippen LogP contribution >= 0.6 is 22.9 Å². The van der Waals surface area contributed by atoms with Crippen molar-refractivity contribution in [3.8, 4) is 5.75 Å². The summed E-state index contributed by atoms with van der Waals surface area (Å²) in [5.41, 5.74) is 5.25. The number of hydrazine groups is 1. The highest BCUT2D eigenvalue weighted by molar-refractivity contribution is 7.21. The molecule has 128 valence electrons. The van der Waals surface area contributed by atoms with E-state index in [2.05, 4.69) is 16.2 Å². The van der Waals surface area contributed by atoms with Crippen LogP contribution in [-0.4, -0.2) is 19.0 Å². The molecule has 25 heavy (non-hydrogen) atoms. The Balaban J connectivity index is 1.68. The number of hydrogen-bond donors (Lipinski definition) is 3. The molecule has 1 aromatic heterocycles. The number of fused-ring (bicyclic) bond motifs is 1. The minimum absolute atomic E-state index is 0.310. The molecule has 0 unspecified atom stereocenters. The number of rotatable bonds is 3. The van der Waals surface area contributed by atoms with Crippen molar-refractivity contribution in [2.24, 2.45) is 0 Å². The van der Waals surface area contributed by atoms with Crippen molar-refractivity contribution in [1.29, 1.82) is 0 Å². The van der Waals surface area contributed by atoms with Crippen LogP contribution in [0.1, 0.15) is 9.67 Å². The summed E-state index contributed by atoms with van der Waals surface area (Å²) in [7, 11) is 1.57. The molecule has 6 nitrogen and oxygen atoms in total. The maximum atomic E-state index is 12.3. The summed E-state index contributed by atoms with van der Waals surface area (Å²) in [4.78, 5) is 24.4. The van der Waals surface area contributed by atoms with Crippen molar-refractivity contribution in [1.82, 2.24) is 10.9 Å². The van der Waals surface area contributed by atoms with Gasteiger partial charge in [0.2, 0.25) is 0 Å². The minimum atomic E-state index is -0.557. The highest BCUT2D eigenvalue weighted by Crippen LogP contribution is 2.37. The molecule has 0 aliphatic heterocycles. The molecule has 0 bridgehead atoms. The average molecular weight is 376 g/mol. The molecular formula is C17H14ClN3O3S. The smallest absolute Gasteiger partial charge is 0.337 e. The number of halogens is 1. The molecule has 0 aliphatic rings. The lowest BCUT2D eigenvalue weighted by Crippen LogP contribution is -2.43. The summed E-state index contributed by atoms with van der Waals surface area (Å²) >= 11 is 7.49.